The molecular weight excluding hydrogens is 489 g/mol. The summed E-state index contributed by atoms with van der Waals surface area (Å²) >= 11 is 5.82. The number of benzene rings is 4. The van der Waals surface area contributed by atoms with Gasteiger partial charge in [0, 0.05) is 42.8 Å². The van der Waals surface area contributed by atoms with E-state index in [9.17, 15) is 0 Å². The zero-order valence-corrected chi connectivity index (χ0v) is 21.3. The number of methoxy groups -OCH3 is 2. The number of fused-ring (bicyclic) bond motifs is 11. The lowest BCUT2D eigenvalue weighted by Crippen LogP contribution is -1.86. The first kappa shape index (κ1) is 18.9. The van der Waals surface area contributed by atoms with E-state index >= 15 is 0 Å². The summed E-state index contributed by atoms with van der Waals surface area (Å²) in [6, 6.07) is 21.9. The van der Waals surface area contributed by atoms with E-state index in [4.69, 9.17) is 9.47 Å². The molecule has 3 aromatic heterocycles. The maximum Gasteiger partial charge on any atom is 0.128 e. The van der Waals surface area contributed by atoms with E-state index < -0.39 is 0 Å². The molecular formula is C30H16O2S3. The Morgan fingerprint density at radius 3 is 1.43 bits per heavy atom. The molecule has 0 unspecified atom stereocenters. The summed E-state index contributed by atoms with van der Waals surface area (Å²) in [5.74, 6) is 1.93. The molecule has 0 radical (unpaired) electrons. The Morgan fingerprint density at radius 1 is 0.486 bits per heavy atom. The fraction of sp³-hybridized carbons (Fsp3) is 0.0667. The van der Waals surface area contributed by atoms with Crippen LogP contribution in [0.2, 0.25) is 0 Å². The average molecular weight is 505 g/mol. The van der Waals surface area contributed by atoms with Crippen molar-refractivity contribution in [1.82, 2.24) is 0 Å². The van der Waals surface area contributed by atoms with Crippen LogP contribution in [0.5, 0.6) is 11.5 Å². The summed E-state index contributed by atoms with van der Waals surface area (Å²) < 4.78 is 17.3. The number of hydrogen-bond donors (Lipinski definition) is 0. The van der Waals surface area contributed by atoms with Gasteiger partial charge in [-0.05, 0) is 34.0 Å². The van der Waals surface area contributed by atoms with Crippen LogP contribution >= 0.6 is 34.0 Å². The molecule has 2 nitrogen and oxygen atoms in total. The first-order valence-electron chi connectivity index (χ1n) is 11.5. The van der Waals surface area contributed by atoms with Gasteiger partial charge in [-0.25, -0.2) is 0 Å². The molecule has 2 aliphatic carbocycles. The van der Waals surface area contributed by atoms with Gasteiger partial charge in [0.1, 0.15) is 11.5 Å². The third-order valence-electron chi connectivity index (χ3n) is 7.59. The fourth-order valence-corrected chi connectivity index (χ4v) is 10.9. The van der Waals surface area contributed by atoms with Crippen molar-refractivity contribution in [2.75, 3.05) is 14.2 Å². The summed E-state index contributed by atoms with van der Waals surface area (Å²) in [5, 5.41) is 5.23. The van der Waals surface area contributed by atoms with Crippen molar-refractivity contribution in [2.24, 2.45) is 0 Å². The van der Waals surface area contributed by atoms with Gasteiger partial charge in [-0.1, -0.05) is 48.5 Å². The largest absolute Gasteiger partial charge is 0.496 e. The molecule has 3 heterocycles. The topological polar surface area (TPSA) is 18.5 Å². The lowest BCUT2D eigenvalue weighted by Gasteiger charge is -2.08. The fourth-order valence-electron chi connectivity index (χ4n) is 6.20. The van der Waals surface area contributed by atoms with Crippen molar-refractivity contribution in [2.45, 2.75) is 0 Å². The SMILES string of the molecule is COc1ccc2cccc3c2c1-c1sc2c(sc4c5c(sc42)-c2c(OC)ccc4cccc-5c24)c1-3. The molecule has 0 bridgehead atoms. The van der Waals surface area contributed by atoms with E-state index in [0.717, 1.165) is 11.5 Å². The molecule has 4 aromatic carbocycles. The summed E-state index contributed by atoms with van der Waals surface area (Å²) in [6.07, 6.45) is 0. The van der Waals surface area contributed by atoms with Crippen molar-refractivity contribution in [3.8, 4) is 54.6 Å². The molecule has 0 amide bonds. The first-order valence-corrected chi connectivity index (χ1v) is 14.0. The number of hydrogen-bond acceptors (Lipinski definition) is 5. The van der Waals surface area contributed by atoms with Crippen molar-refractivity contribution in [3.05, 3.63) is 60.7 Å². The lowest BCUT2D eigenvalue weighted by atomic mass is 10.0. The predicted molar refractivity (Wildman–Crippen MR) is 152 cm³/mol. The van der Waals surface area contributed by atoms with E-state index in [1.165, 1.54) is 83.5 Å². The van der Waals surface area contributed by atoms with Crippen molar-refractivity contribution >= 4 is 74.4 Å². The standard InChI is InChI=1S/C30H16O2S3/c1-31-17-11-9-13-5-3-7-15-19(13)23(17)25-21(15)27-29(33-25)30-28(35-27)22-16-8-4-6-14-10-12-18(32-2)24(20(14)16)26(22)34-30/h3-12H,1-2H3. The molecule has 0 saturated heterocycles. The third-order valence-corrected chi connectivity index (χ3v) is 11.6. The van der Waals surface area contributed by atoms with E-state index in [2.05, 4.69) is 60.7 Å². The minimum absolute atomic E-state index is 0.966. The molecule has 0 aliphatic heterocycles. The summed E-state index contributed by atoms with van der Waals surface area (Å²) in [5.41, 5.74) is 7.99. The van der Waals surface area contributed by atoms with Crippen LogP contribution in [0.3, 0.4) is 0 Å². The van der Waals surface area contributed by atoms with Crippen molar-refractivity contribution in [1.29, 1.82) is 0 Å². The van der Waals surface area contributed by atoms with Crippen LogP contribution in [0.15, 0.2) is 60.7 Å². The number of thiophene rings is 3. The number of rotatable bonds is 2. The van der Waals surface area contributed by atoms with Gasteiger partial charge in [0.25, 0.3) is 0 Å². The highest BCUT2D eigenvalue weighted by molar-refractivity contribution is 7.41. The van der Waals surface area contributed by atoms with Crippen LogP contribution in [-0.2, 0) is 0 Å². The molecule has 0 atom stereocenters. The van der Waals surface area contributed by atoms with Crippen LogP contribution in [0.4, 0.5) is 0 Å². The Morgan fingerprint density at radius 2 is 0.971 bits per heavy atom. The predicted octanol–water partition coefficient (Wildman–Crippen LogP) is 9.80. The van der Waals surface area contributed by atoms with Gasteiger partial charge in [-0.15, -0.1) is 34.0 Å². The monoisotopic (exact) mass is 504 g/mol. The maximum atomic E-state index is 5.84. The van der Waals surface area contributed by atoms with Crippen LogP contribution in [-0.4, -0.2) is 14.2 Å². The van der Waals surface area contributed by atoms with Gasteiger partial charge < -0.3 is 9.47 Å². The Labute approximate surface area is 212 Å². The van der Waals surface area contributed by atoms with Crippen LogP contribution in [0.1, 0.15) is 0 Å². The van der Waals surface area contributed by atoms with E-state index in [0.29, 0.717) is 0 Å². The smallest absolute Gasteiger partial charge is 0.128 e. The van der Waals surface area contributed by atoms with Crippen LogP contribution in [0, 0.1) is 0 Å². The molecule has 0 N–H and O–H groups in total. The minimum atomic E-state index is 0.966. The molecule has 2 aliphatic rings. The van der Waals surface area contributed by atoms with Gasteiger partial charge >= 0.3 is 0 Å². The average Bonchev–Trinajstić information content (AvgIpc) is 3.65. The van der Waals surface area contributed by atoms with Gasteiger partial charge in [0.15, 0.2) is 0 Å². The molecule has 35 heavy (non-hydrogen) atoms. The number of ether oxygens (including phenoxy) is 2. The summed E-state index contributed by atoms with van der Waals surface area (Å²) in [7, 11) is 3.56. The van der Waals surface area contributed by atoms with E-state index in [1.807, 2.05) is 34.0 Å². The molecule has 9 rings (SSSR count). The second-order valence-corrected chi connectivity index (χ2v) is 12.2. The second kappa shape index (κ2) is 6.24. The molecule has 0 saturated carbocycles. The summed E-state index contributed by atoms with van der Waals surface area (Å²) in [4.78, 5) is 2.70. The van der Waals surface area contributed by atoms with Gasteiger partial charge in [-0.3, -0.25) is 0 Å². The Bertz CT molecular complexity index is 1940. The molecule has 166 valence electrons. The first-order chi connectivity index (χ1) is 17.3. The highest BCUT2D eigenvalue weighted by atomic mass is 32.1. The minimum Gasteiger partial charge on any atom is -0.496 e. The molecule has 7 aromatic rings. The Hall–Kier alpha value is -3.38. The Balaban J connectivity index is 1.41. The van der Waals surface area contributed by atoms with Crippen LogP contribution < -0.4 is 9.47 Å². The Kier molecular flexibility index (Phi) is 3.37. The van der Waals surface area contributed by atoms with Crippen molar-refractivity contribution in [3.63, 3.8) is 0 Å². The molecule has 5 heteroatoms. The van der Waals surface area contributed by atoms with Gasteiger partial charge in [0.2, 0.25) is 0 Å². The zero-order valence-electron chi connectivity index (χ0n) is 18.8. The second-order valence-electron chi connectivity index (χ2n) is 9.12. The zero-order chi connectivity index (χ0) is 23.0. The van der Waals surface area contributed by atoms with E-state index in [-0.39, 0.29) is 0 Å². The molecule has 0 fully saturated rings. The normalized spacial score (nSPS) is 12.9. The summed E-state index contributed by atoms with van der Waals surface area (Å²) in [6.45, 7) is 0. The maximum absolute atomic E-state index is 5.84. The lowest BCUT2D eigenvalue weighted by molar-refractivity contribution is 0.417. The van der Waals surface area contributed by atoms with Gasteiger partial charge in [0.05, 0.1) is 33.0 Å². The highest BCUT2D eigenvalue weighted by Crippen LogP contribution is 2.64. The third kappa shape index (κ3) is 2.05. The quantitative estimate of drug-likeness (QED) is 0.233. The van der Waals surface area contributed by atoms with Crippen LogP contribution in [0.25, 0.3) is 83.5 Å². The van der Waals surface area contributed by atoms with Crippen molar-refractivity contribution < 1.29 is 9.47 Å². The highest BCUT2D eigenvalue weighted by Gasteiger charge is 2.34. The van der Waals surface area contributed by atoms with E-state index in [1.54, 1.807) is 14.2 Å². The van der Waals surface area contributed by atoms with Gasteiger partial charge in [-0.2, -0.15) is 0 Å². The molecule has 0 spiro atoms.